The van der Waals surface area contributed by atoms with Crippen molar-refractivity contribution < 1.29 is 9.90 Å². The van der Waals surface area contributed by atoms with Crippen LogP contribution >= 0.6 is 11.3 Å². The van der Waals surface area contributed by atoms with Crippen LogP contribution in [0.1, 0.15) is 21.5 Å². The number of phenols is 1. The summed E-state index contributed by atoms with van der Waals surface area (Å²) in [4.78, 5) is 13.7. The molecule has 2 rings (SSSR count). The fraction of sp³-hybridized carbons (Fsp3) is 0.154. The van der Waals surface area contributed by atoms with E-state index in [0.29, 0.717) is 10.6 Å². The number of carbonyl (C=O) groups is 1. The van der Waals surface area contributed by atoms with Crippen molar-refractivity contribution in [3.05, 3.63) is 46.2 Å². The highest BCUT2D eigenvalue weighted by molar-refractivity contribution is 7.14. The Morgan fingerprint density at radius 1 is 1.35 bits per heavy atom. The minimum Gasteiger partial charge on any atom is -0.508 e. The molecule has 0 radical (unpaired) electrons. The fourth-order valence-electron chi connectivity index (χ4n) is 1.47. The summed E-state index contributed by atoms with van der Waals surface area (Å²) in [6.07, 6.45) is 0.935. The molecule has 0 bridgehead atoms. The molecule has 0 aliphatic carbocycles. The van der Waals surface area contributed by atoms with Gasteiger partial charge in [-0.3, -0.25) is 4.79 Å². The standard InChI is InChI=1S/C13H13NO2S/c1-2-11-6-7-12(17-11)13(16)14-9-4-3-5-10(15)8-9/h3-8,15H,2H2,1H3,(H,14,16). The first kappa shape index (κ1) is 11.7. The maximum absolute atomic E-state index is 11.9. The first-order valence-corrected chi connectivity index (χ1v) is 6.20. The normalized spacial score (nSPS) is 10.2. The molecule has 88 valence electrons. The summed E-state index contributed by atoms with van der Waals surface area (Å²) in [6, 6.07) is 10.3. The zero-order valence-corrected chi connectivity index (χ0v) is 10.3. The van der Waals surface area contributed by atoms with Gasteiger partial charge >= 0.3 is 0 Å². The number of amides is 1. The van der Waals surface area contributed by atoms with E-state index in [1.807, 2.05) is 12.1 Å². The molecule has 0 saturated heterocycles. The quantitative estimate of drug-likeness (QED) is 0.874. The van der Waals surface area contributed by atoms with Crippen molar-refractivity contribution in [3.63, 3.8) is 0 Å². The number of aryl methyl sites for hydroxylation is 1. The van der Waals surface area contributed by atoms with Gasteiger partial charge in [-0.05, 0) is 30.7 Å². The number of thiophene rings is 1. The zero-order valence-electron chi connectivity index (χ0n) is 9.43. The van der Waals surface area contributed by atoms with Crippen molar-refractivity contribution in [1.82, 2.24) is 0 Å². The number of hydrogen-bond donors (Lipinski definition) is 2. The van der Waals surface area contributed by atoms with E-state index in [1.165, 1.54) is 22.3 Å². The maximum atomic E-state index is 11.9. The first-order chi connectivity index (χ1) is 8.19. The molecule has 0 fully saturated rings. The summed E-state index contributed by atoms with van der Waals surface area (Å²) in [6.45, 7) is 2.06. The number of rotatable bonds is 3. The Balaban J connectivity index is 2.11. The summed E-state index contributed by atoms with van der Waals surface area (Å²) in [7, 11) is 0. The molecule has 0 unspecified atom stereocenters. The third kappa shape index (κ3) is 2.85. The summed E-state index contributed by atoms with van der Waals surface area (Å²) in [5.41, 5.74) is 0.599. The number of nitrogens with one attached hydrogen (secondary N) is 1. The third-order valence-electron chi connectivity index (χ3n) is 2.34. The zero-order chi connectivity index (χ0) is 12.3. The smallest absolute Gasteiger partial charge is 0.265 e. The summed E-state index contributed by atoms with van der Waals surface area (Å²) in [5.74, 6) is 0.00327. The monoisotopic (exact) mass is 247 g/mol. The Morgan fingerprint density at radius 3 is 2.82 bits per heavy atom. The van der Waals surface area contributed by atoms with Crippen LogP contribution in [0, 0.1) is 0 Å². The molecular formula is C13H13NO2S. The minimum atomic E-state index is -0.139. The Morgan fingerprint density at radius 2 is 2.18 bits per heavy atom. The van der Waals surface area contributed by atoms with E-state index in [-0.39, 0.29) is 11.7 Å². The number of anilines is 1. The van der Waals surface area contributed by atoms with Crippen molar-refractivity contribution in [2.24, 2.45) is 0 Å². The molecule has 2 N–H and O–H groups in total. The van der Waals surface area contributed by atoms with Crippen LogP contribution in [0.3, 0.4) is 0 Å². The van der Waals surface area contributed by atoms with Gasteiger partial charge in [-0.25, -0.2) is 0 Å². The predicted molar refractivity (Wildman–Crippen MR) is 69.8 cm³/mol. The van der Waals surface area contributed by atoms with Crippen LogP contribution in [0.5, 0.6) is 5.75 Å². The van der Waals surface area contributed by atoms with Gasteiger partial charge in [0.25, 0.3) is 5.91 Å². The van der Waals surface area contributed by atoms with Gasteiger partial charge in [0.15, 0.2) is 0 Å². The number of hydrogen-bond acceptors (Lipinski definition) is 3. The molecule has 2 aromatic rings. The van der Waals surface area contributed by atoms with E-state index in [2.05, 4.69) is 12.2 Å². The highest BCUT2D eigenvalue weighted by Crippen LogP contribution is 2.20. The molecule has 0 aliphatic heterocycles. The third-order valence-corrected chi connectivity index (χ3v) is 3.57. The Hall–Kier alpha value is -1.81. The van der Waals surface area contributed by atoms with E-state index >= 15 is 0 Å². The van der Waals surface area contributed by atoms with Crippen LogP contribution in [0.2, 0.25) is 0 Å². The molecule has 4 heteroatoms. The molecular weight excluding hydrogens is 234 g/mol. The molecule has 0 aliphatic rings. The van der Waals surface area contributed by atoms with Gasteiger partial charge in [0.05, 0.1) is 4.88 Å². The van der Waals surface area contributed by atoms with Crippen molar-refractivity contribution in [1.29, 1.82) is 0 Å². The second-order valence-corrected chi connectivity index (χ2v) is 4.79. The van der Waals surface area contributed by atoms with Crippen molar-refractivity contribution in [2.45, 2.75) is 13.3 Å². The first-order valence-electron chi connectivity index (χ1n) is 5.38. The average molecular weight is 247 g/mol. The van der Waals surface area contributed by atoms with Gasteiger partial charge in [-0.2, -0.15) is 0 Å². The molecule has 0 saturated carbocycles. The van der Waals surface area contributed by atoms with Crippen LogP contribution in [-0.4, -0.2) is 11.0 Å². The van der Waals surface area contributed by atoms with Crippen LogP contribution in [0.25, 0.3) is 0 Å². The van der Waals surface area contributed by atoms with E-state index in [9.17, 15) is 9.90 Å². The molecule has 1 heterocycles. The van der Waals surface area contributed by atoms with Crippen molar-refractivity contribution in [2.75, 3.05) is 5.32 Å². The van der Waals surface area contributed by atoms with Gasteiger partial charge in [0.1, 0.15) is 5.75 Å². The van der Waals surface area contributed by atoms with Crippen LogP contribution in [0.4, 0.5) is 5.69 Å². The lowest BCUT2D eigenvalue weighted by molar-refractivity contribution is 0.103. The number of phenolic OH excluding ortho intramolecular Hbond substituents is 1. The summed E-state index contributed by atoms with van der Waals surface area (Å²) >= 11 is 1.49. The highest BCUT2D eigenvalue weighted by atomic mass is 32.1. The Kier molecular flexibility index (Phi) is 3.44. The topological polar surface area (TPSA) is 49.3 Å². The number of aromatic hydroxyl groups is 1. The summed E-state index contributed by atoms with van der Waals surface area (Å²) in [5, 5.41) is 12.0. The Labute approximate surface area is 104 Å². The second-order valence-electron chi connectivity index (χ2n) is 3.62. The number of benzene rings is 1. The van der Waals surface area contributed by atoms with Gasteiger partial charge in [0, 0.05) is 16.6 Å². The minimum absolute atomic E-state index is 0.139. The van der Waals surface area contributed by atoms with Gasteiger partial charge in [-0.15, -0.1) is 11.3 Å². The molecule has 0 spiro atoms. The molecule has 0 atom stereocenters. The van der Waals surface area contributed by atoms with E-state index in [1.54, 1.807) is 18.2 Å². The predicted octanol–water partition coefficient (Wildman–Crippen LogP) is 3.27. The van der Waals surface area contributed by atoms with Crippen LogP contribution in [0.15, 0.2) is 36.4 Å². The van der Waals surface area contributed by atoms with E-state index < -0.39 is 0 Å². The van der Waals surface area contributed by atoms with Gasteiger partial charge < -0.3 is 10.4 Å². The lowest BCUT2D eigenvalue weighted by Crippen LogP contribution is -2.09. The Bertz CT molecular complexity index is 534. The molecule has 1 aromatic heterocycles. The summed E-state index contributed by atoms with van der Waals surface area (Å²) < 4.78 is 0. The van der Waals surface area contributed by atoms with Crippen LogP contribution < -0.4 is 5.32 Å². The van der Waals surface area contributed by atoms with E-state index in [4.69, 9.17) is 0 Å². The lowest BCUT2D eigenvalue weighted by Gasteiger charge is -2.03. The van der Waals surface area contributed by atoms with E-state index in [0.717, 1.165) is 6.42 Å². The van der Waals surface area contributed by atoms with Gasteiger partial charge in [0.2, 0.25) is 0 Å². The lowest BCUT2D eigenvalue weighted by atomic mass is 10.3. The molecule has 1 amide bonds. The van der Waals surface area contributed by atoms with Crippen LogP contribution in [-0.2, 0) is 6.42 Å². The highest BCUT2D eigenvalue weighted by Gasteiger charge is 2.08. The van der Waals surface area contributed by atoms with Crippen molar-refractivity contribution in [3.8, 4) is 5.75 Å². The number of carbonyl (C=O) groups excluding carboxylic acids is 1. The molecule has 1 aromatic carbocycles. The SMILES string of the molecule is CCc1ccc(C(=O)Nc2cccc(O)c2)s1. The molecule has 17 heavy (non-hydrogen) atoms. The molecule has 3 nitrogen and oxygen atoms in total. The average Bonchev–Trinajstić information content (AvgIpc) is 2.77. The fourth-order valence-corrected chi connectivity index (χ4v) is 2.31. The van der Waals surface area contributed by atoms with Gasteiger partial charge in [-0.1, -0.05) is 13.0 Å². The largest absolute Gasteiger partial charge is 0.508 e. The maximum Gasteiger partial charge on any atom is 0.265 e. The van der Waals surface area contributed by atoms with Crippen molar-refractivity contribution >= 4 is 22.9 Å². The second kappa shape index (κ2) is 5.01.